The molecule has 2 aromatic carbocycles. The lowest BCUT2D eigenvalue weighted by Crippen LogP contribution is -1.91. The lowest BCUT2D eigenvalue weighted by atomic mass is 10.2. The first kappa shape index (κ1) is 12.0. The van der Waals surface area contributed by atoms with Gasteiger partial charge >= 0.3 is 0 Å². The number of aromatic nitrogens is 1. The first-order valence-electron chi connectivity index (χ1n) is 5.81. The van der Waals surface area contributed by atoms with Gasteiger partial charge in [0.1, 0.15) is 5.52 Å². The van der Waals surface area contributed by atoms with Crippen molar-refractivity contribution in [2.24, 2.45) is 0 Å². The second-order valence-electron chi connectivity index (χ2n) is 4.35. The first-order chi connectivity index (χ1) is 9.11. The van der Waals surface area contributed by atoms with Crippen LogP contribution in [0.3, 0.4) is 0 Å². The number of nitrogens with one attached hydrogen (secondary N) is 1. The average Bonchev–Trinajstić information content (AvgIpc) is 2.75. The zero-order chi connectivity index (χ0) is 13.4. The van der Waals surface area contributed by atoms with E-state index < -0.39 is 0 Å². The Morgan fingerprint density at radius 3 is 2.89 bits per heavy atom. The minimum absolute atomic E-state index is 0.451. The largest absolute Gasteiger partial charge is 0.423 e. The van der Waals surface area contributed by atoms with E-state index in [2.05, 4.69) is 26.2 Å². The number of aryl methyl sites for hydroxylation is 1. The number of oxazole rings is 1. The fraction of sp³-hybridized carbons (Fsp3) is 0.0714. The van der Waals surface area contributed by atoms with Crippen LogP contribution in [-0.4, -0.2) is 4.98 Å². The van der Waals surface area contributed by atoms with Crippen molar-refractivity contribution in [3.05, 3.63) is 46.4 Å². The summed E-state index contributed by atoms with van der Waals surface area (Å²) >= 11 is 3.49. The standard InChI is InChI=1S/C14H12BrN3O/c1-8-2-4-10(15)11(6-8)17-14-18-12-7-9(16)3-5-13(12)19-14/h2-7H,16H2,1H3,(H,17,18). The summed E-state index contributed by atoms with van der Waals surface area (Å²) in [7, 11) is 0. The Kier molecular flexibility index (Phi) is 2.91. The summed E-state index contributed by atoms with van der Waals surface area (Å²) in [4.78, 5) is 4.36. The monoisotopic (exact) mass is 317 g/mol. The third-order valence-corrected chi connectivity index (χ3v) is 3.47. The molecule has 3 aromatic rings. The molecule has 0 radical (unpaired) electrons. The minimum Gasteiger partial charge on any atom is -0.423 e. The molecule has 3 N–H and O–H groups in total. The molecule has 0 aliphatic rings. The second kappa shape index (κ2) is 4.59. The van der Waals surface area contributed by atoms with E-state index in [0.29, 0.717) is 17.3 Å². The lowest BCUT2D eigenvalue weighted by Gasteiger charge is -2.05. The van der Waals surface area contributed by atoms with Crippen LogP contribution >= 0.6 is 15.9 Å². The topological polar surface area (TPSA) is 64.1 Å². The summed E-state index contributed by atoms with van der Waals surface area (Å²) in [5, 5.41) is 3.16. The van der Waals surface area contributed by atoms with Gasteiger partial charge in [0.2, 0.25) is 0 Å². The molecular weight excluding hydrogens is 306 g/mol. The number of nitrogen functional groups attached to an aromatic ring is 1. The number of halogens is 1. The third kappa shape index (κ3) is 2.42. The van der Waals surface area contributed by atoms with Gasteiger partial charge in [-0.2, -0.15) is 4.98 Å². The van der Waals surface area contributed by atoms with Gasteiger partial charge in [0, 0.05) is 10.2 Å². The van der Waals surface area contributed by atoms with Crippen molar-refractivity contribution in [1.29, 1.82) is 0 Å². The number of nitrogens with two attached hydrogens (primary N) is 1. The van der Waals surface area contributed by atoms with Crippen LogP contribution in [0.25, 0.3) is 11.1 Å². The van der Waals surface area contributed by atoms with E-state index in [-0.39, 0.29) is 0 Å². The Labute approximate surface area is 118 Å². The Hall–Kier alpha value is -2.01. The van der Waals surface area contributed by atoms with E-state index in [1.165, 1.54) is 0 Å². The fourth-order valence-electron chi connectivity index (χ4n) is 1.85. The molecule has 0 bridgehead atoms. The van der Waals surface area contributed by atoms with Gasteiger partial charge in [-0.1, -0.05) is 6.07 Å². The van der Waals surface area contributed by atoms with Crippen molar-refractivity contribution in [1.82, 2.24) is 4.98 Å². The van der Waals surface area contributed by atoms with Crippen LogP contribution in [0.2, 0.25) is 0 Å². The molecule has 0 atom stereocenters. The summed E-state index contributed by atoms with van der Waals surface area (Å²) in [6, 6.07) is 11.9. The van der Waals surface area contributed by atoms with Crippen LogP contribution in [0.4, 0.5) is 17.4 Å². The molecule has 5 heteroatoms. The summed E-state index contributed by atoms with van der Waals surface area (Å²) in [6.07, 6.45) is 0. The minimum atomic E-state index is 0.451. The Morgan fingerprint density at radius 1 is 1.21 bits per heavy atom. The van der Waals surface area contributed by atoms with E-state index in [9.17, 15) is 0 Å². The number of benzene rings is 2. The summed E-state index contributed by atoms with van der Waals surface area (Å²) < 4.78 is 6.58. The quantitative estimate of drug-likeness (QED) is 0.694. The number of hydrogen-bond donors (Lipinski definition) is 2. The van der Waals surface area contributed by atoms with Gasteiger partial charge in [-0.05, 0) is 58.7 Å². The van der Waals surface area contributed by atoms with E-state index in [1.54, 1.807) is 12.1 Å². The molecule has 0 saturated carbocycles. The molecule has 0 unspecified atom stereocenters. The second-order valence-corrected chi connectivity index (χ2v) is 5.21. The van der Waals surface area contributed by atoms with Crippen molar-refractivity contribution in [3.63, 3.8) is 0 Å². The van der Waals surface area contributed by atoms with Gasteiger partial charge < -0.3 is 15.5 Å². The summed E-state index contributed by atoms with van der Waals surface area (Å²) in [6.45, 7) is 2.03. The first-order valence-corrected chi connectivity index (χ1v) is 6.60. The predicted octanol–water partition coefficient (Wildman–Crippen LogP) is 4.22. The van der Waals surface area contributed by atoms with E-state index in [4.69, 9.17) is 10.2 Å². The predicted molar refractivity (Wildman–Crippen MR) is 80.6 cm³/mol. The van der Waals surface area contributed by atoms with Gasteiger partial charge in [-0.15, -0.1) is 0 Å². The molecule has 0 saturated heterocycles. The van der Waals surface area contributed by atoms with Crippen molar-refractivity contribution < 1.29 is 4.42 Å². The maximum Gasteiger partial charge on any atom is 0.300 e. The normalized spacial score (nSPS) is 10.8. The van der Waals surface area contributed by atoms with Crippen LogP contribution in [-0.2, 0) is 0 Å². The van der Waals surface area contributed by atoms with Crippen molar-refractivity contribution in [2.75, 3.05) is 11.1 Å². The van der Waals surface area contributed by atoms with Gasteiger partial charge in [0.15, 0.2) is 5.58 Å². The fourth-order valence-corrected chi connectivity index (χ4v) is 2.19. The zero-order valence-corrected chi connectivity index (χ0v) is 11.9. The van der Waals surface area contributed by atoms with Crippen molar-refractivity contribution >= 4 is 44.4 Å². The van der Waals surface area contributed by atoms with Crippen molar-refractivity contribution in [2.45, 2.75) is 6.92 Å². The van der Waals surface area contributed by atoms with Crippen LogP contribution < -0.4 is 11.1 Å². The van der Waals surface area contributed by atoms with E-state index in [1.807, 2.05) is 31.2 Å². The highest BCUT2D eigenvalue weighted by Gasteiger charge is 2.08. The highest BCUT2D eigenvalue weighted by Crippen LogP contribution is 2.28. The molecule has 96 valence electrons. The van der Waals surface area contributed by atoms with Crippen LogP contribution in [0, 0.1) is 6.92 Å². The van der Waals surface area contributed by atoms with Crippen molar-refractivity contribution in [3.8, 4) is 0 Å². The molecule has 3 rings (SSSR count). The van der Waals surface area contributed by atoms with Gasteiger partial charge in [0.25, 0.3) is 6.01 Å². The Bertz CT molecular complexity index is 752. The maximum atomic E-state index is 5.72. The molecule has 0 aliphatic carbocycles. The smallest absolute Gasteiger partial charge is 0.300 e. The molecule has 1 heterocycles. The SMILES string of the molecule is Cc1ccc(Br)c(Nc2nc3cc(N)ccc3o2)c1. The number of anilines is 3. The highest BCUT2D eigenvalue weighted by molar-refractivity contribution is 9.10. The average molecular weight is 318 g/mol. The van der Waals surface area contributed by atoms with Gasteiger partial charge in [-0.3, -0.25) is 0 Å². The summed E-state index contributed by atoms with van der Waals surface area (Å²) in [5.41, 5.74) is 9.92. The molecule has 19 heavy (non-hydrogen) atoms. The number of hydrogen-bond acceptors (Lipinski definition) is 4. The number of nitrogens with zero attached hydrogens (tertiary/aromatic N) is 1. The molecule has 4 nitrogen and oxygen atoms in total. The van der Waals surface area contributed by atoms with Crippen LogP contribution in [0.15, 0.2) is 45.3 Å². The Morgan fingerprint density at radius 2 is 2.05 bits per heavy atom. The number of fused-ring (bicyclic) bond motifs is 1. The van der Waals surface area contributed by atoms with Crippen LogP contribution in [0.1, 0.15) is 5.56 Å². The molecule has 0 fully saturated rings. The highest BCUT2D eigenvalue weighted by atomic mass is 79.9. The molecular formula is C14H12BrN3O. The van der Waals surface area contributed by atoms with E-state index >= 15 is 0 Å². The van der Waals surface area contributed by atoms with Crippen LogP contribution in [0.5, 0.6) is 0 Å². The molecule has 0 amide bonds. The van der Waals surface area contributed by atoms with Gasteiger partial charge in [-0.25, -0.2) is 0 Å². The Balaban J connectivity index is 1.98. The van der Waals surface area contributed by atoms with E-state index in [0.717, 1.165) is 21.2 Å². The number of rotatable bonds is 2. The third-order valence-electron chi connectivity index (χ3n) is 2.78. The molecule has 0 spiro atoms. The maximum absolute atomic E-state index is 5.72. The zero-order valence-electron chi connectivity index (χ0n) is 10.3. The molecule has 0 aliphatic heterocycles. The molecule has 1 aromatic heterocycles. The lowest BCUT2D eigenvalue weighted by molar-refractivity contribution is 0.623. The van der Waals surface area contributed by atoms with Gasteiger partial charge in [0.05, 0.1) is 5.69 Å². The summed E-state index contributed by atoms with van der Waals surface area (Å²) in [5.74, 6) is 0.